The number of nitrogens with zero attached hydrogens (tertiary/aromatic N) is 1. The largest absolute Gasteiger partial charge is 0.477 e. The van der Waals surface area contributed by atoms with Gasteiger partial charge in [-0.2, -0.15) is 0 Å². The van der Waals surface area contributed by atoms with Crippen molar-refractivity contribution in [1.82, 2.24) is 4.98 Å². The van der Waals surface area contributed by atoms with Crippen molar-refractivity contribution >= 4 is 28.6 Å². The topological polar surface area (TPSA) is 59.4 Å². The van der Waals surface area contributed by atoms with E-state index in [2.05, 4.69) is 4.98 Å². The molecule has 0 saturated carbocycles. The van der Waals surface area contributed by atoms with Gasteiger partial charge in [0, 0.05) is 16.9 Å². The summed E-state index contributed by atoms with van der Waals surface area (Å²) in [5.74, 6) is -0.887. The Bertz CT molecular complexity index is 533. The van der Waals surface area contributed by atoms with Crippen LogP contribution in [0.3, 0.4) is 0 Å². The molecule has 1 N–H and O–H groups in total. The van der Waals surface area contributed by atoms with Crippen LogP contribution in [0.5, 0.6) is 0 Å². The van der Waals surface area contributed by atoms with Crippen LogP contribution in [-0.4, -0.2) is 22.7 Å². The molecule has 2 heterocycles. The van der Waals surface area contributed by atoms with Crippen LogP contribution in [0.2, 0.25) is 0 Å². The van der Waals surface area contributed by atoms with Crippen molar-refractivity contribution in [1.29, 1.82) is 0 Å². The number of carbonyl (C=O) groups is 1. The number of carboxylic acids is 1. The van der Waals surface area contributed by atoms with Gasteiger partial charge in [0.2, 0.25) is 0 Å². The maximum absolute atomic E-state index is 10.9. The monoisotopic (exact) mass is 283 g/mol. The van der Waals surface area contributed by atoms with E-state index in [-0.39, 0.29) is 0 Å². The molecule has 0 aliphatic rings. The average Bonchev–Trinajstić information content (AvgIpc) is 2.94. The highest BCUT2D eigenvalue weighted by molar-refractivity contribution is 7.12. The van der Waals surface area contributed by atoms with Crippen LogP contribution in [0, 0.1) is 6.92 Å². The third-order valence-corrected chi connectivity index (χ3v) is 4.46. The van der Waals surface area contributed by atoms with Gasteiger partial charge in [-0.3, -0.25) is 0 Å². The summed E-state index contributed by atoms with van der Waals surface area (Å²) < 4.78 is 5.52. The van der Waals surface area contributed by atoms with Crippen molar-refractivity contribution in [2.75, 3.05) is 6.61 Å². The number of hydrogen-bond acceptors (Lipinski definition) is 5. The van der Waals surface area contributed by atoms with Crippen molar-refractivity contribution in [2.24, 2.45) is 0 Å². The lowest BCUT2D eigenvalue weighted by atomic mass is 10.3. The van der Waals surface area contributed by atoms with E-state index in [1.807, 2.05) is 12.4 Å². The van der Waals surface area contributed by atoms with E-state index in [1.165, 1.54) is 16.2 Å². The van der Waals surface area contributed by atoms with Gasteiger partial charge in [0.25, 0.3) is 0 Å². The van der Waals surface area contributed by atoms with Gasteiger partial charge in [-0.15, -0.1) is 22.7 Å². The maximum atomic E-state index is 10.9. The molecule has 0 atom stereocenters. The first-order chi connectivity index (χ1) is 8.68. The van der Waals surface area contributed by atoms with Gasteiger partial charge >= 0.3 is 5.97 Å². The van der Waals surface area contributed by atoms with Crippen LogP contribution in [0.25, 0.3) is 0 Å². The molecule has 96 valence electrons. The van der Waals surface area contributed by atoms with Crippen LogP contribution in [0.15, 0.2) is 17.0 Å². The van der Waals surface area contributed by atoms with Gasteiger partial charge in [-0.05, 0) is 18.4 Å². The number of carboxylic acid groups (broad SMARTS) is 1. The van der Waals surface area contributed by atoms with Crippen molar-refractivity contribution in [2.45, 2.75) is 20.0 Å². The lowest BCUT2D eigenvalue weighted by Gasteiger charge is -2.03. The summed E-state index contributed by atoms with van der Waals surface area (Å²) in [7, 11) is 0. The van der Waals surface area contributed by atoms with Crippen molar-refractivity contribution in [3.05, 3.63) is 38.0 Å². The highest BCUT2D eigenvalue weighted by Crippen LogP contribution is 2.18. The lowest BCUT2D eigenvalue weighted by Crippen LogP contribution is -2.02. The molecule has 0 aromatic carbocycles. The molecule has 0 spiro atoms. The van der Waals surface area contributed by atoms with E-state index in [4.69, 9.17) is 9.84 Å². The van der Waals surface area contributed by atoms with Crippen LogP contribution < -0.4 is 0 Å². The van der Waals surface area contributed by atoms with Gasteiger partial charge in [-0.25, -0.2) is 9.78 Å². The third-order valence-electron chi connectivity index (χ3n) is 2.52. The second-order valence-corrected chi connectivity index (χ2v) is 5.60. The summed E-state index contributed by atoms with van der Waals surface area (Å²) in [5.41, 5.74) is 3.62. The normalized spacial score (nSPS) is 10.7. The van der Waals surface area contributed by atoms with Crippen LogP contribution in [0.1, 0.15) is 25.8 Å². The van der Waals surface area contributed by atoms with E-state index >= 15 is 0 Å². The summed E-state index contributed by atoms with van der Waals surface area (Å²) in [6.07, 6.45) is 0.822. The average molecular weight is 283 g/mol. The summed E-state index contributed by atoms with van der Waals surface area (Å²) in [5, 5.41) is 10.7. The standard InChI is InChI=1S/C12H13NO3S2/c1-8-10(18-7-13-8)2-4-16-6-9-3-5-17-11(9)12(14)15/h3,5,7H,2,4,6H2,1H3,(H,14,15). The van der Waals surface area contributed by atoms with E-state index in [0.717, 1.165) is 17.7 Å². The number of aromatic carboxylic acids is 1. The molecule has 18 heavy (non-hydrogen) atoms. The zero-order valence-electron chi connectivity index (χ0n) is 9.88. The molecule has 0 bridgehead atoms. The molecule has 4 nitrogen and oxygen atoms in total. The smallest absolute Gasteiger partial charge is 0.346 e. The molecular weight excluding hydrogens is 270 g/mol. The fourth-order valence-electron chi connectivity index (χ4n) is 1.55. The minimum atomic E-state index is -0.887. The van der Waals surface area contributed by atoms with Gasteiger partial charge < -0.3 is 9.84 Å². The molecule has 0 unspecified atom stereocenters. The number of aromatic nitrogens is 1. The summed E-state index contributed by atoms with van der Waals surface area (Å²) in [6.45, 7) is 2.91. The molecule has 0 saturated heterocycles. The van der Waals surface area contributed by atoms with Gasteiger partial charge in [0.15, 0.2) is 0 Å². The molecular formula is C12H13NO3S2. The molecule has 0 aliphatic carbocycles. The molecule has 0 amide bonds. The molecule has 0 aliphatic heterocycles. The van der Waals surface area contributed by atoms with Crippen molar-refractivity contribution in [3.8, 4) is 0 Å². The quantitative estimate of drug-likeness (QED) is 0.828. The zero-order chi connectivity index (χ0) is 13.0. The molecule has 0 radical (unpaired) electrons. The Hall–Kier alpha value is -1.24. The van der Waals surface area contributed by atoms with Crippen molar-refractivity contribution in [3.63, 3.8) is 0 Å². The maximum Gasteiger partial charge on any atom is 0.346 e. The highest BCUT2D eigenvalue weighted by atomic mass is 32.1. The molecule has 0 fully saturated rings. The molecule has 2 aromatic rings. The molecule has 2 aromatic heterocycles. The molecule has 2 rings (SSSR count). The van der Waals surface area contributed by atoms with E-state index < -0.39 is 5.97 Å². The minimum Gasteiger partial charge on any atom is -0.477 e. The van der Waals surface area contributed by atoms with Crippen LogP contribution >= 0.6 is 22.7 Å². The van der Waals surface area contributed by atoms with E-state index in [1.54, 1.807) is 22.8 Å². The second-order valence-electron chi connectivity index (χ2n) is 3.74. The SMILES string of the molecule is Cc1ncsc1CCOCc1ccsc1C(=O)O. The predicted octanol–water partition coefficient (Wildman–Crippen LogP) is 2.97. The first-order valence-electron chi connectivity index (χ1n) is 5.45. The third kappa shape index (κ3) is 3.16. The fraction of sp³-hybridized carbons (Fsp3) is 0.333. The van der Waals surface area contributed by atoms with E-state index in [9.17, 15) is 4.79 Å². The lowest BCUT2D eigenvalue weighted by molar-refractivity contribution is 0.0694. The summed E-state index contributed by atoms with van der Waals surface area (Å²) in [4.78, 5) is 16.7. The van der Waals surface area contributed by atoms with Gasteiger partial charge in [0.1, 0.15) is 4.88 Å². The van der Waals surface area contributed by atoms with E-state index in [0.29, 0.717) is 18.1 Å². The predicted molar refractivity (Wildman–Crippen MR) is 71.5 cm³/mol. The van der Waals surface area contributed by atoms with Crippen LogP contribution in [0.4, 0.5) is 0 Å². The zero-order valence-corrected chi connectivity index (χ0v) is 11.5. The number of thiophene rings is 1. The fourth-order valence-corrected chi connectivity index (χ4v) is 3.06. The Labute approximate surface area is 113 Å². The molecule has 6 heteroatoms. The number of thiazole rings is 1. The summed E-state index contributed by atoms with van der Waals surface area (Å²) >= 11 is 2.85. The number of rotatable bonds is 6. The van der Waals surface area contributed by atoms with Crippen molar-refractivity contribution < 1.29 is 14.6 Å². The first kappa shape index (κ1) is 13.2. The number of aryl methyl sites for hydroxylation is 1. The number of hydrogen-bond donors (Lipinski definition) is 1. The Balaban J connectivity index is 1.80. The van der Waals surface area contributed by atoms with Gasteiger partial charge in [0.05, 0.1) is 24.4 Å². The number of ether oxygens (including phenoxy) is 1. The Morgan fingerprint density at radius 3 is 3.00 bits per heavy atom. The second kappa shape index (κ2) is 6.08. The summed E-state index contributed by atoms with van der Waals surface area (Å²) in [6, 6.07) is 1.80. The highest BCUT2D eigenvalue weighted by Gasteiger charge is 2.11. The Morgan fingerprint density at radius 2 is 2.33 bits per heavy atom. The first-order valence-corrected chi connectivity index (χ1v) is 7.20. The minimum absolute atomic E-state index is 0.350. The Kier molecular flexibility index (Phi) is 4.46. The van der Waals surface area contributed by atoms with Crippen LogP contribution in [-0.2, 0) is 17.8 Å². The Morgan fingerprint density at radius 1 is 1.50 bits per heavy atom. The van der Waals surface area contributed by atoms with Gasteiger partial charge in [-0.1, -0.05) is 0 Å².